The van der Waals surface area contributed by atoms with E-state index in [1.807, 2.05) is 12.1 Å². The van der Waals surface area contributed by atoms with Gasteiger partial charge in [0.25, 0.3) is 5.91 Å². The van der Waals surface area contributed by atoms with E-state index in [0.29, 0.717) is 23.7 Å². The summed E-state index contributed by atoms with van der Waals surface area (Å²) in [6.07, 6.45) is 11.3. The number of amides is 1. The summed E-state index contributed by atoms with van der Waals surface area (Å²) < 4.78 is 3.32. The highest BCUT2D eigenvalue weighted by molar-refractivity contribution is 5.93. The first kappa shape index (κ1) is 15.6. The highest BCUT2D eigenvalue weighted by Crippen LogP contribution is 2.10. The number of nitrogens with one attached hydrogen (secondary N) is 1. The van der Waals surface area contributed by atoms with E-state index in [0.717, 1.165) is 5.56 Å². The number of pyridine rings is 2. The molecule has 0 aromatic carbocycles. The molecule has 0 unspecified atom stereocenters. The lowest BCUT2D eigenvalue weighted by atomic mass is 10.2. The first-order valence-electron chi connectivity index (χ1n) is 7.83. The number of nitrogens with zero attached hydrogens (tertiary/aromatic N) is 7. The smallest absolute Gasteiger partial charge is 0.253 e. The predicted octanol–water partition coefficient (Wildman–Crippen LogP) is 1.17. The third-order valence-electron chi connectivity index (χ3n) is 3.72. The van der Waals surface area contributed by atoms with Crippen LogP contribution in [0.3, 0.4) is 0 Å². The Balaban J connectivity index is 1.46. The third-order valence-corrected chi connectivity index (χ3v) is 3.72. The van der Waals surface area contributed by atoms with Gasteiger partial charge in [-0.05, 0) is 18.2 Å². The molecule has 0 aliphatic carbocycles. The fourth-order valence-corrected chi connectivity index (χ4v) is 2.44. The van der Waals surface area contributed by atoms with Gasteiger partial charge in [0.15, 0.2) is 5.82 Å². The molecule has 4 aromatic heterocycles. The van der Waals surface area contributed by atoms with Crippen molar-refractivity contribution in [1.29, 1.82) is 0 Å². The van der Waals surface area contributed by atoms with Gasteiger partial charge in [-0.1, -0.05) is 6.07 Å². The van der Waals surface area contributed by atoms with Gasteiger partial charge in [-0.2, -0.15) is 5.10 Å². The van der Waals surface area contributed by atoms with Crippen molar-refractivity contribution in [3.63, 3.8) is 0 Å². The van der Waals surface area contributed by atoms with Crippen LogP contribution in [0.1, 0.15) is 15.9 Å². The Labute approximate surface area is 148 Å². The predicted molar refractivity (Wildman–Crippen MR) is 91.7 cm³/mol. The highest BCUT2D eigenvalue weighted by atomic mass is 16.1. The van der Waals surface area contributed by atoms with E-state index in [9.17, 15) is 4.79 Å². The number of hydrogen-bond donors (Lipinski definition) is 1. The fraction of sp³-hybridized carbons (Fsp3) is 0.0588. The molecule has 0 radical (unpaired) electrons. The van der Waals surface area contributed by atoms with Crippen LogP contribution in [0.25, 0.3) is 11.6 Å². The van der Waals surface area contributed by atoms with Crippen LogP contribution in [0.2, 0.25) is 0 Å². The summed E-state index contributed by atoms with van der Waals surface area (Å²) >= 11 is 0. The summed E-state index contributed by atoms with van der Waals surface area (Å²) in [6, 6.07) is 7.18. The Kier molecular flexibility index (Phi) is 4.17. The monoisotopic (exact) mass is 346 g/mol. The molecule has 128 valence electrons. The molecule has 0 aliphatic rings. The maximum Gasteiger partial charge on any atom is 0.253 e. The van der Waals surface area contributed by atoms with E-state index < -0.39 is 0 Å². The van der Waals surface area contributed by atoms with E-state index in [2.05, 4.69) is 30.4 Å². The Bertz CT molecular complexity index is 994. The van der Waals surface area contributed by atoms with Crippen molar-refractivity contribution < 1.29 is 4.79 Å². The van der Waals surface area contributed by atoms with Crippen LogP contribution in [0.5, 0.6) is 0 Å². The van der Waals surface area contributed by atoms with Gasteiger partial charge in [0.1, 0.15) is 24.8 Å². The molecule has 0 aliphatic heterocycles. The minimum atomic E-state index is -0.219. The van der Waals surface area contributed by atoms with E-state index in [1.54, 1.807) is 52.6 Å². The van der Waals surface area contributed by atoms with Crippen LogP contribution >= 0.6 is 0 Å². The van der Waals surface area contributed by atoms with Gasteiger partial charge in [-0.15, -0.1) is 0 Å². The maximum absolute atomic E-state index is 12.4. The van der Waals surface area contributed by atoms with Crippen LogP contribution in [0.15, 0.2) is 68.0 Å². The SMILES string of the molecule is O=C(NCc1cccnc1-n1cncn1)c1ccc(-n2ccnc2)nc1. The molecule has 0 bridgehead atoms. The molecule has 9 nitrogen and oxygen atoms in total. The second-order valence-electron chi connectivity index (χ2n) is 5.38. The molecule has 9 heteroatoms. The van der Waals surface area contributed by atoms with Gasteiger partial charge >= 0.3 is 0 Å². The molecule has 0 atom stereocenters. The largest absolute Gasteiger partial charge is 0.348 e. The quantitative estimate of drug-likeness (QED) is 0.582. The Hall–Kier alpha value is -3.88. The molecular weight excluding hydrogens is 332 g/mol. The lowest BCUT2D eigenvalue weighted by Crippen LogP contribution is -2.24. The minimum Gasteiger partial charge on any atom is -0.348 e. The van der Waals surface area contributed by atoms with Crippen LogP contribution in [-0.4, -0.2) is 40.2 Å². The molecule has 26 heavy (non-hydrogen) atoms. The Morgan fingerprint density at radius 3 is 2.77 bits per heavy atom. The molecule has 4 rings (SSSR count). The number of hydrogen-bond acceptors (Lipinski definition) is 6. The molecule has 0 saturated heterocycles. The summed E-state index contributed by atoms with van der Waals surface area (Å²) in [5.41, 5.74) is 1.30. The number of rotatable bonds is 5. The number of carbonyl (C=O) groups excluding carboxylic acids is 1. The van der Waals surface area contributed by atoms with Crippen molar-refractivity contribution in [2.75, 3.05) is 0 Å². The lowest BCUT2D eigenvalue weighted by Gasteiger charge is -2.09. The van der Waals surface area contributed by atoms with Gasteiger partial charge < -0.3 is 5.32 Å². The average Bonchev–Trinajstić information content (AvgIpc) is 3.40. The van der Waals surface area contributed by atoms with Crippen molar-refractivity contribution in [2.24, 2.45) is 0 Å². The zero-order valence-corrected chi connectivity index (χ0v) is 13.6. The van der Waals surface area contributed by atoms with Gasteiger partial charge in [-0.3, -0.25) is 9.36 Å². The minimum absolute atomic E-state index is 0.219. The summed E-state index contributed by atoms with van der Waals surface area (Å²) in [7, 11) is 0. The first-order valence-corrected chi connectivity index (χ1v) is 7.83. The molecule has 4 aromatic rings. The summed E-state index contributed by atoms with van der Waals surface area (Å²) in [5.74, 6) is 1.10. The van der Waals surface area contributed by atoms with Crippen molar-refractivity contribution in [1.82, 2.24) is 39.6 Å². The second kappa shape index (κ2) is 6.93. The van der Waals surface area contributed by atoms with Crippen LogP contribution in [0.4, 0.5) is 0 Å². The molecule has 0 fully saturated rings. The van der Waals surface area contributed by atoms with Crippen molar-refractivity contribution in [3.8, 4) is 11.6 Å². The standard InChI is InChI=1S/C17H14N8O/c26-17(14-3-4-15(21-9-14)24-7-6-18-11-24)22-8-13-2-1-5-20-16(13)25-12-19-10-23-25/h1-7,9-12H,8H2,(H,22,26). The first-order chi connectivity index (χ1) is 12.8. The summed E-state index contributed by atoms with van der Waals surface area (Å²) in [4.78, 5) is 28.9. The zero-order chi connectivity index (χ0) is 17.8. The second-order valence-corrected chi connectivity index (χ2v) is 5.38. The molecule has 1 amide bonds. The zero-order valence-electron chi connectivity index (χ0n) is 13.6. The Morgan fingerprint density at radius 1 is 1.08 bits per heavy atom. The third kappa shape index (κ3) is 3.18. The van der Waals surface area contributed by atoms with E-state index >= 15 is 0 Å². The number of aromatic nitrogens is 7. The van der Waals surface area contributed by atoms with Crippen molar-refractivity contribution >= 4 is 5.91 Å². The van der Waals surface area contributed by atoms with Gasteiger partial charge in [0.05, 0.1) is 5.56 Å². The van der Waals surface area contributed by atoms with E-state index in [-0.39, 0.29) is 5.91 Å². The molecule has 0 saturated carbocycles. The van der Waals surface area contributed by atoms with E-state index in [1.165, 1.54) is 12.5 Å². The van der Waals surface area contributed by atoms with Gasteiger partial charge in [0, 0.05) is 36.9 Å². The molecular formula is C17H14N8O. The summed E-state index contributed by atoms with van der Waals surface area (Å²) in [6.45, 7) is 0.311. The molecule has 0 spiro atoms. The molecule has 4 heterocycles. The number of imidazole rings is 1. The maximum atomic E-state index is 12.4. The van der Waals surface area contributed by atoms with Crippen LogP contribution < -0.4 is 5.32 Å². The van der Waals surface area contributed by atoms with Crippen molar-refractivity contribution in [3.05, 3.63) is 79.2 Å². The van der Waals surface area contributed by atoms with E-state index in [4.69, 9.17) is 0 Å². The fourth-order valence-electron chi connectivity index (χ4n) is 2.44. The average molecular weight is 346 g/mol. The Morgan fingerprint density at radius 2 is 2.04 bits per heavy atom. The lowest BCUT2D eigenvalue weighted by molar-refractivity contribution is 0.0950. The van der Waals surface area contributed by atoms with Crippen molar-refractivity contribution in [2.45, 2.75) is 6.54 Å². The van der Waals surface area contributed by atoms with Crippen LogP contribution in [-0.2, 0) is 6.54 Å². The van der Waals surface area contributed by atoms with Gasteiger partial charge in [0.2, 0.25) is 0 Å². The molecule has 1 N–H and O–H groups in total. The summed E-state index contributed by atoms with van der Waals surface area (Å²) in [5, 5.41) is 6.95. The van der Waals surface area contributed by atoms with Gasteiger partial charge in [-0.25, -0.2) is 24.6 Å². The topological polar surface area (TPSA) is 103 Å². The number of carbonyl (C=O) groups is 1. The normalized spacial score (nSPS) is 10.6. The highest BCUT2D eigenvalue weighted by Gasteiger charge is 2.10. The van der Waals surface area contributed by atoms with Crippen LogP contribution in [0, 0.1) is 0 Å².